The summed E-state index contributed by atoms with van der Waals surface area (Å²) in [6, 6.07) is 12.0. The fraction of sp³-hybridized carbons (Fsp3) is 0.346. The van der Waals surface area contributed by atoms with Crippen LogP contribution in [0.1, 0.15) is 48.2 Å². The van der Waals surface area contributed by atoms with E-state index in [0.717, 1.165) is 29.4 Å². The van der Waals surface area contributed by atoms with Crippen LogP contribution in [0.3, 0.4) is 0 Å². The molecule has 0 saturated carbocycles. The van der Waals surface area contributed by atoms with Crippen molar-refractivity contribution in [3.63, 3.8) is 0 Å². The van der Waals surface area contributed by atoms with Crippen LogP contribution >= 0.6 is 0 Å². The molecular weight excluding hydrogens is 462 g/mol. The number of aryl methyl sites for hydroxylation is 2. The largest absolute Gasteiger partial charge is 0.466 e. The zero-order valence-corrected chi connectivity index (χ0v) is 20.5. The number of nitrogens with two attached hydrogens (primary N) is 2. The van der Waals surface area contributed by atoms with Gasteiger partial charge in [0, 0.05) is 17.4 Å². The fourth-order valence-corrected chi connectivity index (χ4v) is 3.71. The van der Waals surface area contributed by atoms with Crippen LogP contribution in [0.25, 0.3) is 10.9 Å². The van der Waals surface area contributed by atoms with Crippen LogP contribution in [0, 0.1) is 0 Å². The molecule has 0 fully saturated rings. The summed E-state index contributed by atoms with van der Waals surface area (Å²) in [5.74, 6) is -0.956. The number of rotatable bonds is 11. The molecule has 0 aliphatic carbocycles. The van der Waals surface area contributed by atoms with Crippen molar-refractivity contribution in [3.8, 4) is 0 Å². The molecule has 1 aromatic heterocycles. The van der Waals surface area contributed by atoms with Crippen molar-refractivity contribution in [2.24, 2.45) is 0 Å². The first-order valence-corrected chi connectivity index (χ1v) is 11.8. The van der Waals surface area contributed by atoms with Gasteiger partial charge in [0.15, 0.2) is 0 Å². The average Bonchev–Trinajstić information content (AvgIpc) is 2.85. The minimum absolute atomic E-state index is 0.00350. The molecule has 2 aromatic carbocycles. The number of hydrogen-bond acceptors (Lipinski definition) is 9. The highest BCUT2D eigenvalue weighted by molar-refractivity contribution is 5.97. The molecule has 1 amide bonds. The quantitative estimate of drug-likeness (QED) is 0.341. The number of carbonyl (C=O) groups excluding carboxylic acids is 3. The summed E-state index contributed by atoms with van der Waals surface area (Å²) in [6.45, 7) is 3.80. The third-order valence-electron chi connectivity index (χ3n) is 5.54. The highest BCUT2D eigenvalue weighted by atomic mass is 16.5. The van der Waals surface area contributed by atoms with Gasteiger partial charge in [-0.1, -0.05) is 18.2 Å². The van der Waals surface area contributed by atoms with Crippen LogP contribution in [-0.4, -0.2) is 47.1 Å². The number of hydrogen-bond donors (Lipinski definition) is 3. The van der Waals surface area contributed by atoms with Crippen LogP contribution in [0.15, 0.2) is 42.5 Å². The topological polar surface area (TPSA) is 160 Å². The summed E-state index contributed by atoms with van der Waals surface area (Å²) in [4.78, 5) is 44.9. The number of fused-ring (bicyclic) bond motifs is 1. The third kappa shape index (κ3) is 7.14. The summed E-state index contributed by atoms with van der Waals surface area (Å²) in [5.41, 5.74) is 14.8. The molecule has 1 heterocycles. The lowest BCUT2D eigenvalue weighted by molar-refractivity contribution is -0.146. The van der Waals surface area contributed by atoms with Crippen molar-refractivity contribution in [3.05, 3.63) is 59.2 Å². The lowest BCUT2D eigenvalue weighted by atomic mass is 10.0. The predicted octanol–water partition coefficient (Wildman–Crippen LogP) is 2.58. The average molecular weight is 494 g/mol. The van der Waals surface area contributed by atoms with Gasteiger partial charge in [-0.05, 0) is 68.5 Å². The number of nitrogens with zero attached hydrogens (tertiary/aromatic N) is 2. The second-order valence-electron chi connectivity index (χ2n) is 8.14. The van der Waals surface area contributed by atoms with Crippen molar-refractivity contribution in [1.82, 2.24) is 15.3 Å². The first-order chi connectivity index (χ1) is 17.3. The van der Waals surface area contributed by atoms with Gasteiger partial charge in [-0.15, -0.1) is 0 Å². The molecule has 0 saturated heterocycles. The van der Waals surface area contributed by atoms with E-state index in [2.05, 4.69) is 15.3 Å². The van der Waals surface area contributed by atoms with E-state index in [1.807, 2.05) is 30.3 Å². The standard InChI is InChI=1S/C26H31N5O5/c1-3-35-22(32)14-13-21(25(34)36-4-2)29-24(33)18-10-7-16(8-11-18)5-6-17-9-12-20-19(15-17)23(27)31-26(28)30-20/h7-12,15,21H,3-6,13-14H2,1-2H3,(H,29,33)(H4,27,28,30,31). The van der Waals surface area contributed by atoms with Gasteiger partial charge in [0.2, 0.25) is 5.95 Å². The molecule has 0 radical (unpaired) electrons. The van der Waals surface area contributed by atoms with E-state index >= 15 is 0 Å². The highest BCUT2D eigenvalue weighted by Crippen LogP contribution is 2.21. The zero-order valence-electron chi connectivity index (χ0n) is 20.5. The summed E-state index contributed by atoms with van der Waals surface area (Å²) in [5, 5.41) is 3.42. The predicted molar refractivity (Wildman–Crippen MR) is 136 cm³/mol. The van der Waals surface area contributed by atoms with E-state index in [4.69, 9.17) is 20.9 Å². The number of benzene rings is 2. The van der Waals surface area contributed by atoms with E-state index in [1.165, 1.54) is 0 Å². The van der Waals surface area contributed by atoms with Gasteiger partial charge in [0.1, 0.15) is 11.9 Å². The molecule has 190 valence electrons. The SMILES string of the molecule is CCOC(=O)CCC(NC(=O)c1ccc(CCc2ccc3nc(N)nc(N)c3c2)cc1)C(=O)OCC. The molecule has 1 unspecified atom stereocenters. The molecule has 1 atom stereocenters. The maximum absolute atomic E-state index is 12.7. The Bertz CT molecular complexity index is 1230. The van der Waals surface area contributed by atoms with Crippen molar-refractivity contribution in [2.75, 3.05) is 24.7 Å². The van der Waals surface area contributed by atoms with Crippen LogP contribution in [-0.2, 0) is 31.9 Å². The van der Waals surface area contributed by atoms with Crippen LogP contribution in [0.4, 0.5) is 11.8 Å². The lowest BCUT2D eigenvalue weighted by Gasteiger charge is -2.17. The molecule has 3 rings (SSSR count). The number of ether oxygens (including phenoxy) is 2. The second kappa shape index (κ2) is 12.5. The Kier molecular flexibility index (Phi) is 9.15. The highest BCUT2D eigenvalue weighted by Gasteiger charge is 2.24. The number of amides is 1. The molecule has 0 aliphatic heterocycles. The van der Waals surface area contributed by atoms with Gasteiger partial charge in [0.05, 0.1) is 18.7 Å². The maximum Gasteiger partial charge on any atom is 0.328 e. The Balaban J connectivity index is 1.61. The van der Waals surface area contributed by atoms with Crippen molar-refractivity contribution in [2.45, 2.75) is 45.6 Å². The Morgan fingerprint density at radius 3 is 2.28 bits per heavy atom. The summed E-state index contributed by atoms with van der Waals surface area (Å²) in [7, 11) is 0. The first kappa shape index (κ1) is 26.4. The number of aromatic nitrogens is 2. The molecule has 3 aromatic rings. The second-order valence-corrected chi connectivity index (χ2v) is 8.14. The van der Waals surface area contributed by atoms with Gasteiger partial charge >= 0.3 is 11.9 Å². The lowest BCUT2D eigenvalue weighted by Crippen LogP contribution is -2.42. The van der Waals surface area contributed by atoms with E-state index in [-0.39, 0.29) is 32.0 Å². The van der Waals surface area contributed by atoms with Crippen LogP contribution in [0.5, 0.6) is 0 Å². The molecule has 0 spiro atoms. The van der Waals surface area contributed by atoms with Gasteiger partial charge in [-0.2, -0.15) is 4.98 Å². The van der Waals surface area contributed by atoms with Gasteiger partial charge in [-0.25, -0.2) is 9.78 Å². The van der Waals surface area contributed by atoms with E-state index in [1.54, 1.807) is 26.0 Å². The summed E-state index contributed by atoms with van der Waals surface area (Å²) in [6.07, 6.45) is 1.59. The van der Waals surface area contributed by atoms with E-state index < -0.39 is 23.9 Å². The number of carbonyl (C=O) groups is 3. The molecular formula is C26H31N5O5. The molecule has 10 heteroatoms. The number of nitrogen functional groups attached to an aromatic ring is 2. The molecule has 0 aliphatic rings. The van der Waals surface area contributed by atoms with Crippen molar-refractivity contribution < 1.29 is 23.9 Å². The Morgan fingerprint density at radius 2 is 1.58 bits per heavy atom. The Labute approximate surface area is 209 Å². The van der Waals surface area contributed by atoms with Gasteiger partial charge < -0.3 is 26.3 Å². The number of nitrogens with one attached hydrogen (secondary N) is 1. The molecule has 5 N–H and O–H groups in total. The zero-order chi connectivity index (χ0) is 26.1. The summed E-state index contributed by atoms with van der Waals surface area (Å²) >= 11 is 0. The Hall–Kier alpha value is -4.21. The minimum atomic E-state index is -0.943. The van der Waals surface area contributed by atoms with Crippen LogP contribution in [0.2, 0.25) is 0 Å². The van der Waals surface area contributed by atoms with Crippen LogP contribution < -0.4 is 16.8 Å². The Morgan fingerprint density at radius 1 is 0.917 bits per heavy atom. The number of esters is 2. The summed E-state index contributed by atoms with van der Waals surface area (Å²) < 4.78 is 9.94. The minimum Gasteiger partial charge on any atom is -0.466 e. The fourth-order valence-electron chi connectivity index (χ4n) is 3.71. The van der Waals surface area contributed by atoms with Gasteiger partial charge in [-0.3, -0.25) is 9.59 Å². The first-order valence-electron chi connectivity index (χ1n) is 11.8. The smallest absolute Gasteiger partial charge is 0.328 e. The third-order valence-corrected chi connectivity index (χ3v) is 5.54. The van der Waals surface area contributed by atoms with Crippen molar-refractivity contribution in [1.29, 1.82) is 0 Å². The van der Waals surface area contributed by atoms with Crippen molar-refractivity contribution >= 4 is 40.5 Å². The van der Waals surface area contributed by atoms with Gasteiger partial charge in [0.25, 0.3) is 5.91 Å². The molecule has 0 bridgehead atoms. The molecule has 36 heavy (non-hydrogen) atoms. The normalized spacial score (nSPS) is 11.6. The van der Waals surface area contributed by atoms with E-state index in [9.17, 15) is 14.4 Å². The molecule has 10 nitrogen and oxygen atoms in total. The number of anilines is 2. The monoisotopic (exact) mass is 493 g/mol. The maximum atomic E-state index is 12.7. The van der Waals surface area contributed by atoms with E-state index in [0.29, 0.717) is 16.9 Å².